The summed E-state index contributed by atoms with van der Waals surface area (Å²) in [7, 11) is 0. The van der Waals surface area contributed by atoms with E-state index in [-0.39, 0.29) is 11.4 Å². The Hall–Kier alpha value is -1.94. The molecular weight excluding hydrogens is 246 g/mol. The van der Waals surface area contributed by atoms with E-state index in [0.29, 0.717) is 12.6 Å². The Labute approximate surface area is 109 Å². The van der Waals surface area contributed by atoms with Gasteiger partial charge in [-0.05, 0) is 41.6 Å². The molecule has 1 aromatic heterocycles. The molecule has 4 heteroatoms. The van der Waals surface area contributed by atoms with Gasteiger partial charge in [-0.1, -0.05) is 12.1 Å². The van der Waals surface area contributed by atoms with E-state index >= 15 is 0 Å². The number of rotatable bonds is 4. The molecule has 0 radical (unpaired) electrons. The van der Waals surface area contributed by atoms with Crippen LogP contribution in [0.1, 0.15) is 21.0 Å². The molecule has 0 unspecified atom stereocenters. The zero-order valence-electron chi connectivity index (χ0n) is 9.79. The predicted molar refractivity (Wildman–Crippen MR) is 72.2 cm³/mol. The van der Waals surface area contributed by atoms with Crippen LogP contribution in [0.3, 0.4) is 0 Å². The first-order chi connectivity index (χ1) is 8.76. The first kappa shape index (κ1) is 12.5. The van der Waals surface area contributed by atoms with Crippen molar-refractivity contribution in [2.24, 2.45) is 0 Å². The molecule has 2 rings (SSSR count). The molecule has 90 valence electrons. The van der Waals surface area contributed by atoms with Crippen LogP contribution in [-0.2, 0) is 0 Å². The Morgan fingerprint density at radius 2 is 1.50 bits per heavy atom. The van der Waals surface area contributed by atoms with Crippen LogP contribution in [0, 0.1) is 0 Å². The van der Waals surface area contributed by atoms with Crippen molar-refractivity contribution < 1.29 is 9.59 Å². The van der Waals surface area contributed by atoms with Crippen LogP contribution in [0.4, 0.5) is 0 Å². The zero-order chi connectivity index (χ0) is 13.0. The minimum absolute atomic E-state index is 0.267. The quantitative estimate of drug-likeness (QED) is 0.623. The molecule has 0 N–H and O–H groups in total. The summed E-state index contributed by atoms with van der Waals surface area (Å²) < 4.78 is 0. The zero-order valence-corrected chi connectivity index (χ0v) is 10.6. The number of benzene rings is 1. The molecule has 18 heavy (non-hydrogen) atoms. The van der Waals surface area contributed by atoms with Gasteiger partial charge in [0.15, 0.2) is 12.6 Å². The molecule has 3 nitrogen and oxygen atoms in total. The van der Waals surface area contributed by atoms with Crippen LogP contribution < -0.4 is 0 Å². The number of nitrogens with zero attached hydrogens (tertiary/aromatic N) is 1. The fourth-order valence-electron chi connectivity index (χ4n) is 1.64. The second-order valence-electron chi connectivity index (χ2n) is 3.67. The number of carbonyl (C=O) groups is 2. The van der Waals surface area contributed by atoms with E-state index in [0.717, 1.165) is 11.1 Å². The van der Waals surface area contributed by atoms with Crippen LogP contribution in [0.2, 0.25) is 0 Å². The van der Waals surface area contributed by atoms with Gasteiger partial charge in [0, 0.05) is 4.90 Å². The third kappa shape index (κ3) is 2.65. The Morgan fingerprint density at radius 3 is 1.94 bits per heavy atom. The number of thioether (sulfide) groups is 1. The molecule has 0 saturated carbocycles. The van der Waals surface area contributed by atoms with Gasteiger partial charge in [0.25, 0.3) is 0 Å². The average Bonchev–Trinajstić information content (AvgIpc) is 2.46. The van der Waals surface area contributed by atoms with Gasteiger partial charge in [0.2, 0.25) is 0 Å². The van der Waals surface area contributed by atoms with Crippen LogP contribution in [0.25, 0.3) is 11.1 Å². The summed E-state index contributed by atoms with van der Waals surface area (Å²) in [6.07, 6.45) is 3.30. The van der Waals surface area contributed by atoms with Crippen molar-refractivity contribution in [3.8, 4) is 11.1 Å². The molecule has 1 aromatic carbocycles. The molecule has 0 fully saturated rings. The fraction of sp³-hybridized carbons (Fsp3) is 0.0714. The third-order valence-electron chi connectivity index (χ3n) is 2.53. The lowest BCUT2D eigenvalue weighted by atomic mass is 10.1. The van der Waals surface area contributed by atoms with Crippen molar-refractivity contribution in [2.75, 3.05) is 6.26 Å². The largest absolute Gasteiger partial charge is 0.296 e. The molecule has 0 spiro atoms. The number of hydrogen-bond donors (Lipinski definition) is 0. The fourth-order valence-corrected chi connectivity index (χ4v) is 2.05. The lowest BCUT2D eigenvalue weighted by Gasteiger charge is -2.04. The van der Waals surface area contributed by atoms with E-state index in [9.17, 15) is 9.59 Å². The summed E-state index contributed by atoms with van der Waals surface area (Å²) in [4.78, 5) is 26.6. The van der Waals surface area contributed by atoms with Crippen LogP contribution >= 0.6 is 11.8 Å². The van der Waals surface area contributed by atoms with Gasteiger partial charge < -0.3 is 0 Å². The van der Waals surface area contributed by atoms with Crippen molar-refractivity contribution >= 4 is 24.3 Å². The van der Waals surface area contributed by atoms with Gasteiger partial charge in [-0.25, -0.2) is 4.98 Å². The molecule has 0 atom stereocenters. The first-order valence-electron chi connectivity index (χ1n) is 5.33. The van der Waals surface area contributed by atoms with E-state index < -0.39 is 0 Å². The molecular formula is C14H11NO2S. The van der Waals surface area contributed by atoms with Gasteiger partial charge in [0.1, 0.15) is 11.4 Å². The maximum Gasteiger partial charge on any atom is 0.168 e. The van der Waals surface area contributed by atoms with Crippen LogP contribution in [0.15, 0.2) is 41.3 Å². The van der Waals surface area contributed by atoms with E-state index in [1.807, 2.05) is 30.5 Å². The minimum atomic E-state index is 0.267. The third-order valence-corrected chi connectivity index (χ3v) is 3.27. The van der Waals surface area contributed by atoms with Gasteiger partial charge in [-0.15, -0.1) is 11.8 Å². The van der Waals surface area contributed by atoms with E-state index in [1.165, 1.54) is 4.90 Å². The Balaban J connectivity index is 2.48. The normalized spacial score (nSPS) is 10.1. The molecule has 0 aliphatic carbocycles. The Kier molecular flexibility index (Phi) is 3.89. The first-order valence-corrected chi connectivity index (χ1v) is 6.56. The number of carbonyl (C=O) groups excluding carboxylic acids is 2. The van der Waals surface area contributed by atoms with Crippen molar-refractivity contribution in [2.45, 2.75) is 4.90 Å². The summed E-state index contributed by atoms with van der Waals surface area (Å²) in [5.41, 5.74) is 2.32. The van der Waals surface area contributed by atoms with Gasteiger partial charge in [0.05, 0.1) is 0 Å². The molecule has 0 aliphatic rings. The summed E-state index contributed by atoms with van der Waals surface area (Å²) in [5, 5.41) is 0. The second kappa shape index (κ2) is 5.60. The molecule has 1 heterocycles. The second-order valence-corrected chi connectivity index (χ2v) is 4.55. The van der Waals surface area contributed by atoms with Crippen molar-refractivity contribution in [1.29, 1.82) is 0 Å². The monoisotopic (exact) mass is 257 g/mol. The minimum Gasteiger partial charge on any atom is -0.296 e. The highest BCUT2D eigenvalue weighted by atomic mass is 32.2. The summed E-state index contributed by atoms with van der Waals surface area (Å²) in [5.74, 6) is 0. The molecule has 0 aliphatic heterocycles. The molecule has 0 amide bonds. The van der Waals surface area contributed by atoms with Gasteiger partial charge >= 0.3 is 0 Å². The summed E-state index contributed by atoms with van der Waals surface area (Å²) >= 11 is 1.66. The highest BCUT2D eigenvalue weighted by Gasteiger charge is 2.04. The van der Waals surface area contributed by atoms with E-state index in [1.54, 1.807) is 23.9 Å². The lowest BCUT2D eigenvalue weighted by Crippen LogP contribution is -1.94. The highest BCUT2D eigenvalue weighted by Crippen LogP contribution is 2.23. The number of hydrogen-bond acceptors (Lipinski definition) is 4. The van der Waals surface area contributed by atoms with Crippen LogP contribution in [0.5, 0.6) is 0 Å². The predicted octanol–water partition coefficient (Wildman–Crippen LogP) is 3.10. The standard InChI is InChI=1S/C14H11NO2S/c1-18-14-4-2-10(3-5-14)11-6-12(8-16)15-13(7-11)9-17/h2-9H,1H3. The van der Waals surface area contributed by atoms with E-state index in [2.05, 4.69) is 4.98 Å². The molecule has 0 bridgehead atoms. The lowest BCUT2D eigenvalue weighted by molar-refractivity contribution is 0.111. The van der Waals surface area contributed by atoms with Crippen molar-refractivity contribution in [3.63, 3.8) is 0 Å². The van der Waals surface area contributed by atoms with E-state index in [4.69, 9.17) is 0 Å². The molecule has 0 saturated heterocycles. The number of aldehydes is 2. The SMILES string of the molecule is CSc1ccc(-c2cc(C=O)nc(C=O)c2)cc1. The van der Waals surface area contributed by atoms with Crippen molar-refractivity contribution in [3.05, 3.63) is 47.8 Å². The Bertz CT molecular complexity index is 553. The summed E-state index contributed by atoms with van der Waals surface area (Å²) in [6, 6.07) is 11.3. The smallest absolute Gasteiger partial charge is 0.168 e. The summed E-state index contributed by atoms with van der Waals surface area (Å²) in [6.45, 7) is 0. The van der Waals surface area contributed by atoms with Gasteiger partial charge in [-0.2, -0.15) is 0 Å². The number of pyridine rings is 1. The maximum atomic E-state index is 10.8. The highest BCUT2D eigenvalue weighted by molar-refractivity contribution is 7.98. The topological polar surface area (TPSA) is 47.0 Å². The average molecular weight is 257 g/mol. The molecule has 2 aromatic rings. The van der Waals surface area contributed by atoms with Crippen LogP contribution in [-0.4, -0.2) is 23.8 Å². The maximum absolute atomic E-state index is 10.8. The number of aromatic nitrogens is 1. The van der Waals surface area contributed by atoms with Crippen molar-refractivity contribution in [1.82, 2.24) is 4.98 Å². The Morgan fingerprint density at radius 1 is 0.944 bits per heavy atom. The van der Waals surface area contributed by atoms with Gasteiger partial charge in [-0.3, -0.25) is 9.59 Å².